The van der Waals surface area contributed by atoms with Gasteiger partial charge in [0.15, 0.2) is 5.82 Å². The van der Waals surface area contributed by atoms with Crippen LogP contribution in [0.2, 0.25) is 0 Å². The third-order valence-electron chi connectivity index (χ3n) is 4.40. The summed E-state index contributed by atoms with van der Waals surface area (Å²) in [5.74, 6) is 0.734. The van der Waals surface area contributed by atoms with Crippen molar-refractivity contribution in [1.82, 2.24) is 30.3 Å². The Kier molecular flexibility index (Phi) is 5.10. The average Bonchev–Trinajstić information content (AvgIpc) is 3.01. The third kappa shape index (κ3) is 3.91. The summed E-state index contributed by atoms with van der Waals surface area (Å²) >= 11 is 0. The maximum atomic E-state index is 12.0. The minimum absolute atomic E-state index is 0.178. The zero-order valence-corrected chi connectivity index (χ0v) is 14.2. The van der Waals surface area contributed by atoms with Crippen molar-refractivity contribution in [3.63, 3.8) is 0 Å². The molecule has 0 saturated carbocycles. The molecule has 1 atom stereocenters. The lowest BCUT2D eigenvalue weighted by Crippen LogP contribution is -2.42. The summed E-state index contributed by atoms with van der Waals surface area (Å²) in [5, 5.41) is 13.6. The van der Waals surface area contributed by atoms with Crippen LogP contribution in [-0.2, 0) is 20.0 Å². The first kappa shape index (κ1) is 16.4. The number of rotatable bonds is 5. The number of carbonyl (C=O) groups excluding carboxylic acids is 1. The molecular formula is C17H24N6O. The molecule has 0 bridgehead atoms. The van der Waals surface area contributed by atoms with Gasteiger partial charge in [-0.1, -0.05) is 24.3 Å². The Balaban J connectivity index is 1.41. The zero-order valence-electron chi connectivity index (χ0n) is 14.2. The molecule has 128 valence electrons. The van der Waals surface area contributed by atoms with Gasteiger partial charge in [-0.2, -0.15) is 0 Å². The van der Waals surface area contributed by atoms with Crippen LogP contribution in [0.1, 0.15) is 29.9 Å². The van der Waals surface area contributed by atoms with Gasteiger partial charge in [0, 0.05) is 33.2 Å². The maximum Gasteiger partial charge on any atom is 0.315 e. The van der Waals surface area contributed by atoms with Gasteiger partial charge >= 0.3 is 6.03 Å². The highest BCUT2D eigenvalue weighted by Crippen LogP contribution is 2.17. The van der Waals surface area contributed by atoms with E-state index in [1.54, 1.807) is 10.9 Å². The maximum absolute atomic E-state index is 12.0. The standard InChI is InChI=1S/C17H24N6O/c1-13(16-21-19-12-22(16)2)20-17(24)18-8-10-23-9-7-14-5-3-4-6-15(14)11-23/h3-6,12-13H,7-11H2,1-2H3,(H2,18,20,24). The van der Waals surface area contributed by atoms with Gasteiger partial charge in [-0.3, -0.25) is 4.90 Å². The van der Waals surface area contributed by atoms with E-state index in [-0.39, 0.29) is 12.1 Å². The predicted octanol–water partition coefficient (Wildman–Crippen LogP) is 1.23. The highest BCUT2D eigenvalue weighted by Gasteiger charge is 2.16. The Morgan fingerprint density at radius 3 is 2.88 bits per heavy atom. The average molecular weight is 328 g/mol. The number of benzene rings is 1. The molecule has 1 unspecified atom stereocenters. The van der Waals surface area contributed by atoms with E-state index in [1.807, 2.05) is 14.0 Å². The monoisotopic (exact) mass is 328 g/mol. The fraction of sp³-hybridized carbons (Fsp3) is 0.471. The quantitative estimate of drug-likeness (QED) is 0.866. The number of aryl methyl sites for hydroxylation is 1. The molecule has 1 aliphatic heterocycles. The van der Waals surface area contributed by atoms with Crippen LogP contribution < -0.4 is 10.6 Å². The van der Waals surface area contributed by atoms with E-state index in [2.05, 4.69) is 50.0 Å². The Morgan fingerprint density at radius 1 is 1.33 bits per heavy atom. The molecule has 24 heavy (non-hydrogen) atoms. The van der Waals surface area contributed by atoms with Crippen molar-refractivity contribution >= 4 is 6.03 Å². The molecule has 2 N–H and O–H groups in total. The molecule has 0 fully saturated rings. The fourth-order valence-electron chi connectivity index (χ4n) is 3.07. The van der Waals surface area contributed by atoms with Crippen LogP contribution in [0.5, 0.6) is 0 Å². The molecule has 2 amide bonds. The number of amides is 2. The molecule has 1 aromatic carbocycles. The topological polar surface area (TPSA) is 75.1 Å². The number of urea groups is 1. The van der Waals surface area contributed by atoms with Gasteiger partial charge in [0.1, 0.15) is 6.33 Å². The van der Waals surface area contributed by atoms with E-state index in [0.29, 0.717) is 6.54 Å². The number of fused-ring (bicyclic) bond motifs is 1. The van der Waals surface area contributed by atoms with Gasteiger partial charge in [-0.15, -0.1) is 10.2 Å². The largest absolute Gasteiger partial charge is 0.337 e. The van der Waals surface area contributed by atoms with E-state index < -0.39 is 0 Å². The Hall–Kier alpha value is -2.41. The summed E-state index contributed by atoms with van der Waals surface area (Å²) < 4.78 is 1.80. The zero-order chi connectivity index (χ0) is 16.9. The van der Waals surface area contributed by atoms with Crippen LogP contribution in [-0.4, -0.2) is 45.3 Å². The van der Waals surface area contributed by atoms with Crippen molar-refractivity contribution in [2.45, 2.75) is 25.9 Å². The van der Waals surface area contributed by atoms with Crippen molar-refractivity contribution in [1.29, 1.82) is 0 Å². The smallest absolute Gasteiger partial charge is 0.315 e. The Labute approximate surface area is 142 Å². The normalized spacial score (nSPS) is 15.6. The molecule has 0 spiro atoms. The summed E-state index contributed by atoms with van der Waals surface area (Å²) in [6.45, 7) is 5.36. The van der Waals surface area contributed by atoms with E-state index in [9.17, 15) is 4.79 Å². The first-order valence-corrected chi connectivity index (χ1v) is 8.31. The number of nitrogens with one attached hydrogen (secondary N) is 2. The Morgan fingerprint density at radius 2 is 2.12 bits per heavy atom. The lowest BCUT2D eigenvalue weighted by atomic mass is 10.00. The number of carbonyl (C=O) groups is 1. The second kappa shape index (κ2) is 7.44. The highest BCUT2D eigenvalue weighted by atomic mass is 16.2. The number of hydrogen-bond acceptors (Lipinski definition) is 4. The molecule has 0 aliphatic carbocycles. The molecule has 0 saturated heterocycles. The van der Waals surface area contributed by atoms with Crippen LogP contribution in [0.3, 0.4) is 0 Å². The minimum atomic E-state index is -0.181. The van der Waals surface area contributed by atoms with Crippen LogP contribution in [0.4, 0.5) is 4.79 Å². The molecule has 2 heterocycles. The Bertz CT molecular complexity index is 698. The van der Waals surface area contributed by atoms with Gasteiger partial charge in [0.05, 0.1) is 6.04 Å². The molecule has 7 heteroatoms. The second-order valence-electron chi connectivity index (χ2n) is 6.22. The molecule has 2 aromatic rings. The summed E-state index contributed by atoms with van der Waals surface area (Å²) in [6, 6.07) is 8.21. The number of aromatic nitrogens is 3. The fourth-order valence-corrected chi connectivity index (χ4v) is 3.07. The molecular weight excluding hydrogens is 304 g/mol. The van der Waals surface area contributed by atoms with Gasteiger partial charge < -0.3 is 15.2 Å². The van der Waals surface area contributed by atoms with Gasteiger partial charge in [-0.25, -0.2) is 4.79 Å². The molecule has 7 nitrogen and oxygen atoms in total. The van der Waals surface area contributed by atoms with Crippen molar-refractivity contribution in [3.8, 4) is 0 Å². The third-order valence-corrected chi connectivity index (χ3v) is 4.40. The molecule has 3 rings (SSSR count). The number of hydrogen-bond donors (Lipinski definition) is 2. The SMILES string of the molecule is CC(NC(=O)NCCN1CCc2ccccc2C1)c1nncn1C. The lowest BCUT2D eigenvalue weighted by molar-refractivity contribution is 0.228. The first-order valence-electron chi connectivity index (χ1n) is 8.31. The van der Waals surface area contributed by atoms with E-state index >= 15 is 0 Å². The van der Waals surface area contributed by atoms with Gasteiger partial charge in [-0.05, 0) is 24.5 Å². The van der Waals surface area contributed by atoms with Crippen LogP contribution in [0.15, 0.2) is 30.6 Å². The van der Waals surface area contributed by atoms with E-state index in [4.69, 9.17) is 0 Å². The van der Waals surface area contributed by atoms with Gasteiger partial charge in [0.25, 0.3) is 0 Å². The lowest BCUT2D eigenvalue weighted by Gasteiger charge is -2.28. The summed E-state index contributed by atoms with van der Waals surface area (Å²) in [4.78, 5) is 14.4. The summed E-state index contributed by atoms with van der Waals surface area (Å²) in [5.41, 5.74) is 2.83. The molecule has 1 aliphatic rings. The van der Waals surface area contributed by atoms with Crippen molar-refractivity contribution in [2.24, 2.45) is 7.05 Å². The van der Waals surface area contributed by atoms with Crippen molar-refractivity contribution < 1.29 is 4.79 Å². The summed E-state index contributed by atoms with van der Waals surface area (Å²) in [7, 11) is 1.86. The van der Waals surface area contributed by atoms with Crippen molar-refractivity contribution in [2.75, 3.05) is 19.6 Å². The van der Waals surface area contributed by atoms with E-state index in [0.717, 1.165) is 31.9 Å². The van der Waals surface area contributed by atoms with E-state index in [1.165, 1.54) is 11.1 Å². The highest BCUT2D eigenvalue weighted by molar-refractivity contribution is 5.74. The van der Waals surface area contributed by atoms with Crippen LogP contribution in [0, 0.1) is 0 Å². The van der Waals surface area contributed by atoms with Crippen LogP contribution in [0.25, 0.3) is 0 Å². The predicted molar refractivity (Wildman–Crippen MR) is 91.4 cm³/mol. The summed E-state index contributed by atoms with van der Waals surface area (Å²) in [6.07, 6.45) is 2.70. The minimum Gasteiger partial charge on any atom is -0.337 e. The first-order chi connectivity index (χ1) is 11.6. The number of nitrogens with zero attached hydrogens (tertiary/aromatic N) is 4. The molecule has 1 aromatic heterocycles. The molecule has 0 radical (unpaired) electrons. The van der Waals surface area contributed by atoms with Gasteiger partial charge in [0.2, 0.25) is 0 Å². The van der Waals surface area contributed by atoms with Crippen molar-refractivity contribution in [3.05, 3.63) is 47.5 Å². The van der Waals surface area contributed by atoms with Crippen LogP contribution >= 0.6 is 0 Å². The second-order valence-corrected chi connectivity index (χ2v) is 6.22.